The molecular formula is C14H11N3S. The van der Waals surface area contributed by atoms with Crippen LogP contribution in [0.3, 0.4) is 0 Å². The summed E-state index contributed by atoms with van der Waals surface area (Å²) in [5.41, 5.74) is 2.95. The van der Waals surface area contributed by atoms with Crippen molar-refractivity contribution in [2.45, 2.75) is 13.5 Å². The van der Waals surface area contributed by atoms with Gasteiger partial charge in [-0.1, -0.05) is 0 Å². The topological polar surface area (TPSA) is 59.6 Å². The molecule has 2 rings (SSSR count). The Morgan fingerprint density at radius 3 is 2.56 bits per heavy atom. The van der Waals surface area contributed by atoms with Gasteiger partial charge < -0.3 is 5.32 Å². The summed E-state index contributed by atoms with van der Waals surface area (Å²) in [6.07, 6.45) is 0. The zero-order valence-corrected chi connectivity index (χ0v) is 10.7. The molecular weight excluding hydrogens is 242 g/mol. The molecule has 18 heavy (non-hydrogen) atoms. The third-order valence-corrected chi connectivity index (χ3v) is 3.70. The third kappa shape index (κ3) is 2.51. The second-order valence-electron chi connectivity index (χ2n) is 3.86. The molecule has 1 N–H and O–H groups in total. The van der Waals surface area contributed by atoms with Crippen molar-refractivity contribution < 1.29 is 0 Å². The summed E-state index contributed by atoms with van der Waals surface area (Å²) in [6, 6.07) is 11.3. The van der Waals surface area contributed by atoms with Crippen LogP contribution in [0.5, 0.6) is 0 Å². The summed E-state index contributed by atoms with van der Waals surface area (Å²) in [5, 5.41) is 23.1. The van der Waals surface area contributed by atoms with Crippen LogP contribution in [0.25, 0.3) is 0 Å². The summed E-state index contributed by atoms with van der Waals surface area (Å²) in [4.78, 5) is 1.28. The molecule has 0 spiro atoms. The first-order valence-electron chi connectivity index (χ1n) is 5.45. The zero-order chi connectivity index (χ0) is 13.0. The quantitative estimate of drug-likeness (QED) is 0.911. The summed E-state index contributed by atoms with van der Waals surface area (Å²) in [6.45, 7) is 2.81. The van der Waals surface area contributed by atoms with Gasteiger partial charge in [-0.05, 0) is 42.1 Å². The number of thiophene rings is 1. The highest BCUT2D eigenvalue weighted by atomic mass is 32.1. The van der Waals surface area contributed by atoms with E-state index in [2.05, 4.69) is 23.7 Å². The van der Waals surface area contributed by atoms with Crippen molar-refractivity contribution in [2.24, 2.45) is 0 Å². The maximum Gasteiger partial charge on any atom is 0.101 e. The Labute approximate surface area is 110 Å². The van der Waals surface area contributed by atoms with E-state index in [1.807, 2.05) is 18.2 Å². The van der Waals surface area contributed by atoms with Crippen molar-refractivity contribution in [1.82, 2.24) is 0 Å². The zero-order valence-electron chi connectivity index (χ0n) is 9.90. The molecule has 0 fully saturated rings. The van der Waals surface area contributed by atoms with Crippen molar-refractivity contribution >= 4 is 17.0 Å². The van der Waals surface area contributed by atoms with Gasteiger partial charge in [0.1, 0.15) is 12.1 Å². The Morgan fingerprint density at radius 2 is 1.94 bits per heavy atom. The second-order valence-corrected chi connectivity index (χ2v) is 4.86. The van der Waals surface area contributed by atoms with Crippen LogP contribution in [-0.2, 0) is 6.54 Å². The van der Waals surface area contributed by atoms with Gasteiger partial charge in [-0.25, -0.2) is 0 Å². The Bertz CT molecular complexity index is 644. The van der Waals surface area contributed by atoms with Crippen LogP contribution in [0.1, 0.15) is 21.6 Å². The minimum absolute atomic E-state index is 0.408. The number of nitrogens with zero attached hydrogens (tertiary/aromatic N) is 2. The molecule has 4 heteroatoms. The number of hydrogen-bond donors (Lipinski definition) is 1. The highest BCUT2D eigenvalue weighted by Crippen LogP contribution is 2.19. The second kappa shape index (κ2) is 5.35. The lowest BCUT2D eigenvalue weighted by Gasteiger charge is -2.06. The van der Waals surface area contributed by atoms with Crippen LogP contribution in [0, 0.1) is 29.6 Å². The Balaban J connectivity index is 2.14. The number of benzene rings is 1. The molecule has 0 radical (unpaired) electrons. The van der Waals surface area contributed by atoms with Crippen molar-refractivity contribution in [2.75, 3.05) is 5.32 Å². The third-order valence-electron chi connectivity index (χ3n) is 2.68. The molecule has 1 aromatic carbocycles. The molecule has 0 bridgehead atoms. The van der Waals surface area contributed by atoms with Crippen molar-refractivity contribution in [3.63, 3.8) is 0 Å². The lowest BCUT2D eigenvalue weighted by atomic mass is 10.1. The van der Waals surface area contributed by atoms with Crippen LogP contribution in [0.15, 0.2) is 29.6 Å². The van der Waals surface area contributed by atoms with Gasteiger partial charge in [0, 0.05) is 17.1 Å². The fraction of sp³-hybridized carbons (Fsp3) is 0.143. The molecule has 0 saturated heterocycles. The molecule has 88 valence electrons. The SMILES string of the molecule is Cc1ccsc1CNc1ccc(C#N)c(C#N)c1. The standard InChI is InChI=1S/C14H11N3S/c1-10-4-5-18-14(10)9-17-13-3-2-11(7-15)12(6-13)8-16/h2-6,17H,9H2,1H3. The van der Waals surface area contributed by atoms with Gasteiger partial charge in [-0.15, -0.1) is 11.3 Å². The highest BCUT2D eigenvalue weighted by molar-refractivity contribution is 7.10. The molecule has 0 atom stereocenters. The first-order chi connectivity index (χ1) is 8.74. The predicted octanol–water partition coefficient (Wildman–Crippen LogP) is 3.41. The first-order valence-corrected chi connectivity index (χ1v) is 6.33. The van der Waals surface area contributed by atoms with Crippen LogP contribution in [0.4, 0.5) is 5.69 Å². The van der Waals surface area contributed by atoms with E-state index in [-0.39, 0.29) is 0 Å². The average molecular weight is 253 g/mol. The molecule has 0 saturated carbocycles. The number of anilines is 1. The van der Waals surface area contributed by atoms with E-state index >= 15 is 0 Å². The molecule has 0 amide bonds. The van der Waals surface area contributed by atoms with Gasteiger partial charge in [0.2, 0.25) is 0 Å². The minimum Gasteiger partial charge on any atom is -0.380 e. The fourth-order valence-electron chi connectivity index (χ4n) is 1.61. The Morgan fingerprint density at radius 1 is 1.17 bits per heavy atom. The van der Waals surface area contributed by atoms with Crippen LogP contribution >= 0.6 is 11.3 Å². The lowest BCUT2D eigenvalue weighted by Crippen LogP contribution is -1.99. The van der Waals surface area contributed by atoms with Gasteiger partial charge in [-0.2, -0.15) is 10.5 Å². The summed E-state index contributed by atoms with van der Waals surface area (Å²) in [7, 11) is 0. The predicted molar refractivity (Wildman–Crippen MR) is 72.3 cm³/mol. The number of rotatable bonds is 3. The molecule has 3 nitrogen and oxygen atoms in total. The Hall–Kier alpha value is -2.30. The molecule has 1 heterocycles. The molecule has 0 aliphatic rings. The van der Waals surface area contributed by atoms with Gasteiger partial charge in [0.05, 0.1) is 11.1 Å². The van der Waals surface area contributed by atoms with Gasteiger partial charge >= 0.3 is 0 Å². The van der Waals surface area contributed by atoms with E-state index < -0.39 is 0 Å². The van der Waals surface area contributed by atoms with E-state index in [0.29, 0.717) is 11.1 Å². The van der Waals surface area contributed by atoms with Gasteiger partial charge in [0.25, 0.3) is 0 Å². The monoisotopic (exact) mass is 253 g/mol. The van der Waals surface area contributed by atoms with E-state index in [9.17, 15) is 0 Å². The fourth-order valence-corrected chi connectivity index (χ4v) is 2.46. The van der Waals surface area contributed by atoms with Gasteiger partial charge in [0.15, 0.2) is 0 Å². The smallest absolute Gasteiger partial charge is 0.101 e. The summed E-state index contributed by atoms with van der Waals surface area (Å²) >= 11 is 1.71. The number of nitrogens with one attached hydrogen (secondary N) is 1. The normalized spacial score (nSPS) is 9.50. The van der Waals surface area contributed by atoms with E-state index in [4.69, 9.17) is 10.5 Å². The average Bonchev–Trinajstić information content (AvgIpc) is 2.81. The van der Waals surface area contributed by atoms with E-state index in [0.717, 1.165) is 12.2 Å². The van der Waals surface area contributed by atoms with Gasteiger partial charge in [-0.3, -0.25) is 0 Å². The van der Waals surface area contributed by atoms with Crippen molar-refractivity contribution in [3.8, 4) is 12.1 Å². The largest absolute Gasteiger partial charge is 0.380 e. The maximum atomic E-state index is 8.94. The molecule has 1 aromatic heterocycles. The van der Waals surface area contributed by atoms with Crippen LogP contribution in [-0.4, -0.2) is 0 Å². The van der Waals surface area contributed by atoms with Crippen molar-refractivity contribution in [1.29, 1.82) is 10.5 Å². The van der Waals surface area contributed by atoms with E-state index in [1.165, 1.54) is 10.4 Å². The Kier molecular flexibility index (Phi) is 3.62. The number of nitriles is 2. The number of aryl methyl sites for hydroxylation is 1. The molecule has 2 aromatic rings. The summed E-state index contributed by atoms with van der Waals surface area (Å²) in [5.74, 6) is 0. The van der Waals surface area contributed by atoms with E-state index in [1.54, 1.807) is 23.5 Å². The molecule has 0 aliphatic heterocycles. The van der Waals surface area contributed by atoms with Crippen LogP contribution < -0.4 is 5.32 Å². The van der Waals surface area contributed by atoms with Crippen molar-refractivity contribution in [3.05, 3.63) is 51.2 Å². The lowest BCUT2D eigenvalue weighted by molar-refractivity contribution is 1.16. The first kappa shape index (κ1) is 12.2. The minimum atomic E-state index is 0.408. The summed E-state index contributed by atoms with van der Waals surface area (Å²) < 4.78 is 0. The highest BCUT2D eigenvalue weighted by Gasteiger charge is 2.04. The number of hydrogen-bond acceptors (Lipinski definition) is 4. The molecule has 0 aliphatic carbocycles. The maximum absolute atomic E-state index is 8.94. The van der Waals surface area contributed by atoms with Crippen LogP contribution in [0.2, 0.25) is 0 Å². The molecule has 0 unspecified atom stereocenters.